The molecule has 1 saturated heterocycles. The van der Waals surface area contributed by atoms with Crippen LogP contribution in [0.1, 0.15) is 86.2 Å². The zero-order chi connectivity index (χ0) is 24.9. The third-order valence-corrected chi connectivity index (χ3v) is 9.81. The number of nitrogens with one attached hydrogen (secondary N) is 1. The van der Waals surface area contributed by atoms with Crippen molar-refractivity contribution in [3.05, 3.63) is 35.8 Å². The van der Waals surface area contributed by atoms with Gasteiger partial charge in [-0.15, -0.1) is 0 Å². The predicted octanol–water partition coefficient (Wildman–Crippen LogP) is 4.23. The third kappa shape index (κ3) is 4.33. The lowest BCUT2D eigenvalue weighted by Crippen LogP contribution is -2.51. The fourth-order valence-electron chi connectivity index (χ4n) is 8.50. The zero-order valence-electron chi connectivity index (χ0n) is 21.9. The summed E-state index contributed by atoms with van der Waals surface area (Å²) in [6, 6.07) is 6.13. The van der Waals surface area contributed by atoms with Gasteiger partial charge in [-0.1, -0.05) is 19.9 Å². The first-order chi connectivity index (χ1) is 17.5. The average molecular weight is 492 g/mol. The largest absolute Gasteiger partial charge is 0.350 e. The Bertz CT molecular complexity index is 1090. The molecule has 7 heteroatoms. The molecule has 1 N–H and O–H groups in total. The van der Waals surface area contributed by atoms with Gasteiger partial charge in [-0.05, 0) is 99.8 Å². The third-order valence-electron chi connectivity index (χ3n) is 9.81. The Kier molecular flexibility index (Phi) is 6.30. The number of pyridine rings is 1. The lowest BCUT2D eigenvalue weighted by atomic mass is 9.49. The number of hydrogen-bond donors (Lipinski definition) is 1. The Hall–Kier alpha value is -2.41. The molecule has 2 amide bonds. The van der Waals surface area contributed by atoms with E-state index in [2.05, 4.69) is 29.0 Å². The highest BCUT2D eigenvalue weighted by atomic mass is 16.2. The molecule has 7 nitrogen and oxygen atoms in total. The van der Waals surface area contributed by atoms with E-state index in [0.717, 1.165) is 63.3 Å². The summed E-state index contributed by atoms with van der Waals surface area (Å²) in [6.07, 6.45) is 11.8. The maximum atomic E-state index is 13.3. The maximum absolute atomic E-state index is 13.3. The molecule has 0 atom stereocenters. The molecule has 1 aliphatic heterocycles. The molecule has 4 saturated carbocycles. The molecule has 5 aliphatic rings. The fraction of sp³-hybridized carbons (Fsp3) is 0.690. The first-order valence-corrected chi connectivity index (χ1v) is 14.3. The van der Waals surface area contributed by atoms with Gasteiger partial charge in [0.15, 0.2) is 0 Å². The molecule has 2 aromatic heterocycles. The minimum atomic E-state index is -0.0622. The highest BCUT2D eigenvalue weighted by molar-refractivity contribution is 5.95. The normalized spacial score (nSPS) is 29.9. The standard InChI is InChI=1S/C29H41N5O2/c1-3-32(4-2)23-8-10-33(11-9-23)28(36)24-18-34-25(6-5-7-26(34)31-24)27(35)30-19-29-15-20-12-21(16-29)14-22(13-20)17-29/h5-7,18,20-23H,3-4,8-17,19H2,1-2H3,(H,30,35). The molecular weight excluding hydrogens is 450 g/mol. The second-order valence-corrected chi connectivity index (χ2v) is 12.1. The zero-order valence-corrected chi connectivity index (χ0v) is 21.9. The number of aromatic nitrogens is 2. The van der Waals surface area contributed by atoms with E-state index in [1.165, 1.54) is 38.5 Å². The first kappa shape index (κ1) is 24.0. The van der Waals surface area contributed by atoms with Gasteiger partial charge in [0.05, 0.1) is 0 Å². The van der Waals surface area contributed by atoms with Crippen molar-refractivity contribution in [2.24, 2.45) is 23.2 Å². The smallest absolute Gasteiger partial charge is 0.274 e. The highest BCUT2D eigenvalue weighted by Crippen LogP contribution is 2.59. The minimum Gasteiger partial charge on any atom is -0.350 e. The van der Waals surface area contributed by atoms with Crippen molar-refractivity contribution in [1.29, 1.82) is 0 Å². The van der Waals surface area contributed by atoms with E-state index in [4.69, 9.17) is 0 Å². The van der Waals surface area contributed by atoms with Gasteiger partial charge in [-0.25, -0.2) is 4.98 Å². The topological polar surface area (TPSA) is 70.0 Å². The molecule has 0 aromatic carbocycles. The van der Waals surface area contributed by atoms with Crippen LogP contribution in [0.25, 0.3) is 5.65 Å². The van der Waals surface area contributed by atoms with Crippen LogP contribution in [-0.4, -0.2) is 69.8 Å². The summed E-state index contributed by atoms with van der Waals surface area (Å²) >= 11 is 0. The lowest BCUT2D eigenvalue weighted by Gasteiger charge is -2.56. The van der Waals surface area contributed by atoms with Crippen LogP contribution in [0.3, 0.4) is 0 Å². The summed E-state index contributed by atoms with van der Waals surface area (Å²) in [5.74, 6) is 2.52. The van der Waals surface area contributed by atoms with E-state index in [-0.39, 0.29) is 11.8 Å². The monoisotopic (exact) mass is 491 g/mol. The van der Waals surface area contributed by atoms with Crippen molar-refractivity contribution in [1.82, 2.24) is 24.5 Å². The number of nitrogens with zero attached hydrogens (tertiary/aromatic N) is 4. The second kappa shape index (κ2) is 9.47. The van der Waals surface area contributed by atoms with Crippen LogP contribution in [0.4, 0.5) is 0 Å². The molecular formula is C29H41N5O2. The van der Waals surface area contributed by atoms with Gasteiger partial charge >= 0.3 is 0 Å². The number of hydrogen-bond acceptors (Lipinski definition) is 4. The molecule has 0 radical (unpaired) electrons. The van der Waals surface area contributed by atoms with Crippen molar-refractivity contribution >= 4 is 17.5 Å². The van der Waals surface area contributed by atoms with E-state index in [1.54, 1.807) is 10.6 Å². The summed E-state index contributed by atoms with van der Waals surface area (Å²) in [6.45, 7) is 8.79. The number of piperidine rings is 1. The Morgan fingerprint density at radius 1 is 1.03 bits per heavy atom. The van der Waals surface area contributed by atoms with E-state index < -0.39 is 0 Å². The number of carbonyl (C=O) groups excluding carboxylic acids is 2. The van der Waals surface area contributed by atoms with Crippen LogP contribution < -0.4 is 5.32 Å². The second-order valence-electron chi connectivity index (χ2n) is 12.1. The average Bonchev–Trinajstić information content (AvgIpc) is 3.32. The van der Waals surface area contributed by atoms with Gasteiger partial charge in [0.1, 0.15) is 17.0 Å². The molecule has 0 spiro atoms. The van der Waals surface area contributed by atoms with E-state index in [1.807, 2.05) is 23.1 Å². The molecule has 0 unspecified atom stereocenters. The van der Waals surface area contributed by atoms with E-state index in [9.17, 15) is 9.59 Å². The summed E-state index contributed by atoms with van der Waals surface area (Å²) in [5.41, 5.74) is 1.94. The SMILES string of the molecule is CCN(CC)C1CCN(C(=O)c2cn3c(C(=O)NCC45CC6CC(CC(C6)C4)C5)cccc3n2)CC1. The fourth-order valence-corrected chi connectivity index (χ4v) is 8.50. The van der Waals surface area contributed by atoms with Crippen LogP contribution in [0.2, 0.25) is 0 Å². The van der Waals surface area contributed by atoms with Gasteiger partial charge in [-0.2, -0.15) is 0 Å². The summed E-state index contributed by atoms with van der Waals surface area (Å²) < 4.78 is 1.80. The maximum Gasteiger partial charge on any atom is 0.274 e. The van der Waals surface area contributed by atoms with Crippen molar-refractivity contribution < 1.29 is 9.59 Å². The molecule has 2 aromatic rings. The molecule has 194 valence electrons. The number of likely N-dealkylation sites (tertiary alicyclic amines) is 1. The molecule has 4 bridgehead atoms. The summed E-state index contributed by atoms with van der Waals surface area (Å²) in [5, 5.41) is 3.29. The van der Waals surface area contributed by atoms with Crippen LogP contribution in [0, 0.1) is 23.2 Å². The molecule has 7 rings (SSSR count). The van der Waals surface area contributed by atoms with Gasteiger partial charge in [0, 0.05) is 31.9 Å². The molecule has 5 fully saturated rings. The number of amides is 2. The van der Waals surface area contributed by atoms with Crippen molar-refractivity contribution in [3.63, 3.8) is 0 Å². The van der Waals surface area contributed by atoms with E-state index in [0.29, 0.717) is 28.5 Å². The van der Waals surface area contributed by atoms with E-state index >= 15 is 0 Å². The summed E-state index contributed by atoms with van der Waals surface area (Å²) in [4.78, 5) is 35.6. The first-order valence-electron chi connectivity index (χ1n) is 14.3. The number of rotatable bonds is 7. The van der Waals surface area contributed by atoms with Crippen molar-refractivity contribution in [3.8, 4) is 0 Å². The number of imidazole rings is 1. The Labute approximate surface area is 214 Å². The highest BCUT2D eigenvalue weighted by Gasteiger charge is 2.50. The quantitative estimate of drug-likeness (QED) is 0.629. The molecule has 4 aliphatic carbocycles. The van der Waals surface area contributed by atoms with Gasteiger partial charge in [0.25, 0.3) is 11.8 Å². The Morgan fingerprint density at radius 3 is 2.28 bits per heavy atom. The summed E-state index contributed by atoms with van der Waals surface area (Å²) in [7, 11) is 0. The molecule has 3 heterocycles. The Morgan fingerprint density at radius 2 is 1.67 bits per heavy atom. The minimum absolute atomic E-state index is 0.0309. The van der Waals surface area contributed by atoms with Crippen LogP contribution in [-0.2, 0) is 0 Å². The van der Waals surface area contributed by atoms with Crippen molar-refractivity contribution in [2.75, 3.05) is 32.7 Å². The lowest BCUT2D eigenvalue weighted by molar-refractivity contribution is -0.0503. The Balaban J connectivity index is 1.13. The number of carbonyl (C=O) groups is 2. The van der Waals surface area contributed by atoms with Crippen LogP contribution >= 0.6 is 0 Å². The predicted molar refractivity (Wildman–Crippen MR) is 140 cm³/mol. The van der Waals surface area contributed by atoms with Gasteiger partial charge in [0.2, 0.25) is 0 Å². The number of fused-ring (bicyclic) bond motifs is 1. The van der Waals surface area contributed by atoms with Crippen LogP contribution in [0.5, 0.6) is 0 Å². The molecule has 36 heavy (non-hydrogen) atoms. The van der Waals surface area contributed by atoms with Gasteiger partial charge in [-0.3, -0.25) is 14.0 Å². The van der Waals surface area contributed by atoms with Crippen LogP contribution in [0.15, 0.2) is 24.4 Å². The van der Waals surface area contributed by atoms with Crippen molar-refractivity contribution in [2.45, 2.75) is 71.3 Å². The van der Waals surface area contributed by atoms with Gasteiger partial charge < -0.3 is 15.1 Å².